The molecule has 0 radical (unpaired) electrons. The predicted molar refractivity (Wildman–Crippen MR) is 132 cm³/mol. The first-order valence-corrected chi connectivity index (χ1v) is 11.4. The summed E-state index contributed by atoms with van der Waals surface area (Å²) in [5, 5.41) is 8.12. The van der Waals surface area contributed by atoms with Crippen molar-refractivity contribution in [2.45, 2.75) is 13.0 Å². The number of nitrogens with one attached hydrogen (secondary N) is 1. The van der Waals surface area contributed by atoms with Crippen LogP contribution in [0.5, 0.6) is 11.5 Å². The highest BCUT2D eigenvalue weighted by Crippen LogP contribution is 2.42. The summed E-state index contributed by atoms with van der Waals surface area (Å²) in [5.41, 5.74) is 4.07. The SMILES string of the molecule is CC1=C(c2nc(-c3ccc(F)cc3)no2)C(c2ccccc2)NC(=S)N1c1ccc2c(c1)OCO2. The van der Waals surface area contributed by atoms with Gasteiger partial charge < -0.3 is 19.3 Å². The van der Waals surface area contributed by atoms with Crippen LogP contribution in [0, 0.1) is 5.82 Å². The fraction of sp³-hybridized carbons (Fsp3) is 0.115. The molecule has 1 N–H and O–H groups in total. The van der Waals surface area contributed by atoms with Crippen molar-refractivity contribution < 1.29 is 18.4 Å². The maximum Gasteiger partial charge on any atom is 0.258 e. The number of rotatable bonds is 4. The molecule has 0 saturated carbocycles. The van der Waals surface area contributed by atoms with Crippen molar-refractivity contribution in [2.75, 3.05) is 11.7 Å². The van der Waals surface area contributed by atoms with Crippen LogP contribution in [0.3, 0.4) is 0 Å². The van der Waals surface area contributed by atoms with Crippen molar-refractivity contribution >= 4 is 28.6 Å². The Kier molecular flexibility index (Phi) is 5.18. The Morgan fingerprint density at radius 1 is 1.00 bits per heavy atom. The summed E-state index contributed by atoms with van der Waals surface area (Å²) in [6.07, 6.45) is 0. The molecule has 4 aromatic rings. The van der Waals surface area contributed by atoms with Crippen molar-refractivity contribution in [1.29, 1.82) is 0 Å². The van der Waals surface area contributed by atoms with Gasteiger partial charge >= 0.3 is 0 Å². The molecule has 0 bridgehead atoms. The zero-order chi connectivity index (χ0) is 23.9. The number of hydrogen-bond acceptors (Lipinski definition) is 6. The zero-order valence-electron chi connectivity index (χ0n) is 18.6. The Balaban J connectivity index is 1.48. The van der Waals surface area contributed by atoms with Crippen LogP contribution >= 0.6 is 12.2 Å². The van der Waals surface area contributed by atoms with Gasteiger partial charge in [0.1, 0.15) is 5.82 Å². The highest BCUT2D eigenvalue weighted by atomic mass is 32.1. The number of aromatic nitrogens is 2. The number of fused-ring (bicyclic) bond motifs is 1. The van der Waals surface area contributed by atoms with E-state index in [1.54, 1.807) is 12.1 Å². The standard InChI is InChI=1S/C26H19FN4O3S/c1-15-22(25-29-24(30-34-25)17-7-9-18(27)10-8-17)23(16-5-3-2-4-6-16)28-26(35)31(15)19-11-12-20-21(13-19)33-14-32-20/h2-13,23H,14H2,1H3,(H,28,35). The molecule has 1 unspecified atom stereocenters. The van der Waals surface area contributed by atoms with Crippen molar-refractivity contribution in [3.8, 4) is 22.9 Å². The average Bonchev–Trinajstić information content (AvgIpc) is 3.54. The first-order chi connectivity index (χ1) is 17.1. The fourth-order valence-corrected chi connectivity index (χ4v) is 4.66. The average molecular weight is 487 g/mol. The second-order valence-corrected chi connectivity index (χ2v) is 8.48. The molecule has 0 aliphatic carbocycles. The second kappa shape index (κ2) is 8.52. The molecule has 1 aromatic heterocycles. The topological polar surface area (TPSA) is 72.7 Å². The van der Waals surface area contributed by atoms with Gasteiger partial charge in [-0.3, -0.25) is 4.90 Å². The van der Waals surface area contributed by atoms with Crippen molar-refractivity contribution in [3.63, 3.8) is 0 Å². The maximum absolute atomic E-state index is 13.4. The van der Waals surface area contributed by atoms with Crippen LogP contribution in [0.15, 0.2) is 83.0 Å². The summed E-state index contributed by atoms with van der Waals surface area (Å²) in [6, 6.07) is 21.2. The number of halogens is 1. The molecule has 1 atom stereocenters. The molecule has 2 aliphatic heterocycles. The van der Waals surface area contributed by atoms with E-state index >= 15 is 0 Å². The monoisotopic (exact) mass is 486 g/mol. The van der Waals surface area contributed by atoms with Crippen LogP contribution < -0.4 is 19.7 Å². The molecule has 3 aromatic carbocycles. The molecule has 0 amide bonds. The third kappa shape index (κ3) is 3.79. The molecule has 0 fully saturated rings. The Labute approximate surface area is 205 Å². The Bertz CT molecular complexity index is 1450. The minimum Gasteiger partial charge on any atom is -0.454 e. The molecule has 35 heavy (non-hydrogen) atoms. The third-order valence-corrected chi connectivity index (χ3v) is 6.29. The summed E-state index contributed by atoms with van der Waals surface area (Å²) >= 11 is 5.79. The lowest BCUT2D eigenvalue weighted by atomic mass is 9.94. The van der Waals surface area contributed by atoms with Gasteiger partial charge in [0.15, 0.2) is 16.6 Å². The molecule has 174 valence electrons. The first kappa shape index (κ1) is 21.3. The van der Waals surface area contributed by atoms with Crippen molar-refractivity contribution in [2.24, 2.45) is 0 Å². The molecular formula is C26H19FN4O3S. The molecule has 3 heterocycles. The normalized spacial score (nSPS) is 17.0. The van der Waals surface area contributed by atoms with E-state index < -0.39 is 0 Å². The van der Waals surface area contributed by atoms with E-state index in [0.717, 1.165) is 22.5 Å². The van der Waals surface area contributed by atoms with Gasteiger partial charge in [-0.15, -0.1) is 0 Å². The van der Waals surface area contributed by atoms with Crippen LogP contribution in [0.2, 0.25) is 0 Å². The number of thiocarbonyl (C=S) groups is 1. The number of nitrogens with zero attached hydrogens (tertiary/aromatic N) is 3. The molecule has 7 nitrogen and oxygen atoms in total. The second-order valence-electron chi connectivity index (χ2n) is 8.10. The van der Waals surface area contributed by atoms with Crippen molar-refractivity contribution in [1.82, 2.24) is 15.5 Å². The van der Waals surface area contributed by atoms with Crippen LogP contribution in [-0.4, -0.2) is 22.0 Å². The number of benzene rings is 3. The van der Waals surface area contributed by atoms with E-state index in [9.17, 15) is 4.39 Å². The number of anilines is 1. The zero-order valence-corrected chi connectivity index (χ0v) is 19.4. The molecule has 9 heteroatoms. The highest BCUT2D eigenvalue weighted by Gasteiger charge is 2.35. The first-order valence-electron chi connectivity index (χ1n) is 10.9. The summed E-state index contributed by atoms with van der Waals surface area (Å²) in [6.45, 7) is 2.15. The summed E-state index contributed by atoms with van der Waals surface area (Å²) in [7, 11) is 0. The minimum atomic E-state index is -0.329. The maximum atomic E-state index is 13.4. The molecule has 0 saturated heterocycles. The van der Waals surface area contributed by atoms with Gasteiger partial charge in [0.25, 0.3) is 5.89 Å². The Hall–Kier alpha value is -4.24. The van der Waals surface area contributed by atoms with Crippen LogP contribution in [0.25, 0.3) is 17.0 Å². The Morgan fingerprint density at radius 2 is 1.77 bits per heavy atom. The van der Waals surface area contributed by atoms with E-state index in [1.807, 2.05) is 60.4 Å². The van der Waals surface area contributed by atoms with E-state index in [4.69, 9.17) is 26.2 Å². The smallest absolute Gasteiger partial charge is 0.258 e. The predicted octanol–water partition coefficient (Wildman–Crippen LogP) is 5.47. The van der Waals surface area contributed by atoms with Gasteiger partial charge in [0.05, 0.1) is 17.3 Å². The van der Waals surface area contributed by atoms with E-state index in [0.29, 0.717) is 33.9 Å². The molecule has 6 rings (SSSR count). The van der Waals surface area contributed by atoms with E-state index in [-0.39, 0.29) is 18.7 Å². The summed E-state index contributed by atoms with van der Waals surface area (Å²) in [4.78, 5) is 6.57. The van der Waals surface area contributed by atoms with Crippen molar-refractivity contribution in [3.05, 3.63) is 95.8 Å². The Morgan fingerprint density at radius 3 is 2.57 bits per heavy atom. The van der Waals surface area contributed by atoms with E-state index in [1.165, 1.54) is 12.1 Å². The van der Waals surface area contributed by atoms with E-state index in [2.05, 4.69) is 15.5 Å². The van der Waals surface area contributed by atoms with Crippen LogP contribution in [-0.2, 0) is 0 Å². The lowest BCUT2D eigenvalue weighted by Gasteiger charge is -2.37. The van der Waals surface area contributed by atoms with Gasteiger partial charge in [-0.05, 0) is 61.1 Å². The highest BCUT2D eigenvalue weighted by molar-refractivity contribution is 7.80. The van der Waals surface area contributed by atoms with Crippen LogP contribution in [0.1, 0.15) is 24.4 Å². The third-order valence-electron chi connectivity index (χ3n) is 5.99. The molecule has 0 spiro atoms. The largest absolute Gasteiger partial charge is 0.454 e. The molecular weight excluding hydrogens is 467 g/mol. The van der Waals surface area contributed by atoms with Gasteiger partial charge in [-0.1, -0.05) is 35.5 Å². The van der Waals surface area contributed by atoms with Crippen LogP contribution in [0.4, 0.5) is 10.1 Å². The molecule has 2 aliphatic rings. The summed E-state index contributed by atoms with van der Waals surface area (Å²) in [5.74, 6) is 1.73. The van der Waals surface area contributed by atoms with Gasteiger partial charge in [0.2, 0.25) is 12.6 Å². The number of ether oxygens (including phenoxy) is 2. The summed E-state index contributed by atoms with van der Waals surface area (Å²) < 4.78 is 30.2. The van der Waals surface area contributed by atoms with Gasteiger partial charge in [0, 0.05) is 17.3 Å². The fourth-order valence-electron chi connectivity index (χ4n) is 4.30. The lowest BCUT2D eigenvalue weighted by molar-refractivity contribution is 0.174. The number of hydrogen-bond donors (Lipinski definition) is 1. The van der Waals surface area contributed by atoms with Gasteiger partial charge in [-0.2, -0.15) is 4.98 Å². The quantitative estimate of drug-likeness (QED) is 0.381. The van der Waals surface area contributed by atoms with Gasteiger partial charge in [-0.25, -0.2) is 4.39 Å². The minimum absolute atomic E-state index is 0.186. The lowest BCUT2D eigenvalue weighted by Crippen LogP contribution is -2.46. The number of allylic oxidation sites excluding steroid dienone is 1.